The number of methoxy groups -OCH3 is 1. The highest BCUT2D eigenvalue weighted by Crippen LogP contribution is 2.35. The fraction of sp³-hybridized carbons (Fsp3) is 0.318. The first-order valence-electron chi connectivity index (χ1n) is 10.1. The van der Waals surface area contributed by atoms with Crippen LogP contribution in [-0.2, 0) is 27.7 Å². The number of ether oxygens (including phenoxy) is 3. The van der Waals surface area contributed by atoms with Crippen molar-refractivity contribution in [3.63, 3.8) is 0 Å². The predicted octanol–water partition coefficient (Wildman–Crippen LogP) is 2.86. The largest absolute Gasteiger partial charge is 0.490 e. The van der Waals surface area contributed by atoms with Crippen LogP contribution in [0.3, 0.4) is 0 Å². The number of hydrogen-bond acceptors (Lipinski definition) is 6. The van der Waals surface area contributed by atoms with Crippen molar-refractivity contribution in [3.05, 3.63) is 53.2 Å². The van der Waals surface area contributed by atoms with Crippen molar-refractivity contribution in [2.45, 2.75) is 24.3 Å². The number of esters is 1. The number of benzene rings is 2. The van der Waals surface area contributed by atoms with Gasteiger partial charge in [0.15, 0.2) is 11.5 Å². The van der Waals surface area contributed by atoms with Gasteiger partial charge in [-0.1, -0.05) is 0 Å². The van der Waals surface area contributed by atoms with Crippen LogP contribution in [0.4, 0.5) is 0 Å². The lowest BCUT2D eigenvalue weighted by molar-refractivity contribution is 0.0601. The number of nitrogens with one attached hydrogen (secondary N) is 1. The Morgan fingerprint density at radius 2 is 1.90 bits per heavy atom. The van der Waals surface area contributed by atoms with E-state index < -0.39 is 16.0 Å². The molecule has 162 valence electrons. The van der Waals surface area contributed by atoms with Crippen LogP contribution >= 0.6 is 0 Å². The summed E-state index contributed by atoms with van der Waals surface area (Å²) in [5, 5.41) is 0.830. The topological polar surface area (TPSA) is 97.9 Å². The second kappa shape index (κ2) is 7.58. The maximum absolute atomic E-state index is 13.4. The summed E-state index contributed by atoms with van der Waals surface area (Å²) in [7, 11) is -2.40. The van der Waals surface area contributed by atoms with Crippen LogP contribution in [0.5, 0.6) is 11.5 Å². The van der Waals surface area contributed by atoms with E-state index in [2.05, 4.69) is 4.98 Å². The number of carbonyl (C=O) groups excluding carboxylic acids is 1. The zero-order valence-electron chi connectivity index (χ0n) is 17.0. The van der Waals surface area contributed by atoms with Crippen LogP contribution in [-0.4, -0.2) is 50.5 Å². The Kier molecular flexibility index (Phi) is 4.86. The molecule has 3 heterocycles. The molecule has 0 spiro atoms. The van der Waals surface area contributed by atoms with Crippen molar-refractivity contribution in [1.82, 2.24) is 9.29 Å². The Morgan fingerprint density at radius 3 is 2.71 bits per heavy atom. The number of fused-ring (bicyclic) bond motifs is 4. The number of aromatic nitrogens is 1. The van der Waals surface area contributed by atoms with Gasteiger partial charge in [-0.2, -0.15) is 4.31 Å². The quantitative estimate of drug-likeness (QED) is 0.627. The van der Waals surface area contributed by atoms with Crippen LogP contribution in [0, 0.1) is 0 Å². The smallest absolute Gasteiger partial charge is 0.337 e. The van der Waals surface area contributed by atoms with Crippen LogP contribution in [0.15, 0.2) is 41.3 Å². The van der Waals surface area contributed by atoms with Gasteiger partial charge in [0.2, 0.25) is 10.0 Å². The van der Waals surface area contributed by atoms with Crippen molar-refractivity contribution in [3.8, 4) is 11.5 Å². The standard InChI is InChI=1S/C22H22N2O6S/c1-28-22(25)14-3-5-18-16(11-14)17-13-24(8-7-19(17)23-18)31(26,27)15-4-6-20-21(12-15)30-10-2-9-29-20/h3-6,11-12,23H,2,7-10,13H2,1H3. The van der Waals surface area contributed by atoms with Gasteiger partial charge in [-0.15, -0.1) is 0 Å². The fourth-order valence-corrected chi connectivity index (χ4v) is 5.52. The minimum absolute atomic E-state index is 0.176. The van der Waals surface area contributed by atoms with Crippen molar-refractivity contribution in [2.24, 2.45) is 0 Å². The summed E-state index contributed by atoms with van der Waals surface area (Å²) >= 11 is 0. The normalized spacial score (nSPS) is 16.5. The minimum atomic E-state index is -3.74. The molecule has 2 aromatic carbocycles. The number of nitrogens with zero attached hydrogens (tertiary/aromatic N) is 1. The zero-order valence-corrected chi connectivity index (χ0v) is 17.8. The van der Waals surface area contributed by atoms with Gasteiger partial charge in [-0.05, 0) is 35.9 Å². The molecule has 1 aromatic heterocycles. The van der Waals surface area contributed by atoms with Crippen molar-refractivity contribution in [1.29, 1.82) is 0 Å². The summed E-state index contributed by atoms with van der Waals surface area (Å²) in [5.41, 5.74) is 3.17. The fourth-order valence-electron chi connectivity index (χ4n) is 4.09. The molecule has 2 aliphatic rings. The molecule has 0 unspecified atom stereocenters. The van der Waals surface area contributed by atoms with Crippen LogP contribution in [0.1, 0.15) is 28.0 Å². The number of H-pyrrole nitrogens is 1. The molecule has 1 N–H and O–H groups in total. The highest BCUT2D eigenvalue weighted by atomic mass is 32.2. The van der Waals surface area contributed by atoms with Crippen LogP contribution in [0.2, 0.25) is 0 Å². The van der Waals surface area contributed by atoms with E-state index in [1.807, 2.05) is 6.07 Å². The first kappa shape index (κ1) is 19.9. The van der Waals surface area contributed by atoms with E-state index in [-0.39, 0.29) is 11.4 Å². The first-order valence-corrected chi connectivity index (χ1v) is 11.5. The Morgan fingerprint density at radius 1 is 1.10 bits per heavy atom. The highest BCUT2D eigenvalue weighted by Gasteiger charge is 2.31. The van der Waals surface area contributed by atoms with E-state index in [0.29, 0.717) is 43.2 Å². The summed E-state index contributed by atoms with van der Waals surface area (Å²) in [6.45, 7) is 1.61. The van der Waals surface area contributed by atoms with Crippen molar-refractivity contribution < 1.29 is 27.4 Å². The number of carbonyl (C=O) groups is 1. The summed E-state index contributed by atoms with van der Waals surface area (Å²) in [5.74, 6) is 0.583. The summed E-state index contributed by atoms with van der Waals surface area (Å²) in [6, 6.07) is 10.0. The third-order valence-electron chi connectivity index (χ3n) is 5.72. The molecular weight excluding hydrogens is 420 g/mol. The van der Waals surface area contributed by atoms with Gasteiger partial charge in [0, 0.05) is 48.6 Å². The number of hydrogen-bond donors (Lipinski definition) is 1. The van der Waals surface area contributed by atoms with E-state index in [0.717, 1.165) is 28.6 Å². The molecule has 0 fully saturated rings. The van der Waals surface area contributed by atoms with Gasteiger partial charge in [-0.3, -0.25) is 0 Å². The van der Waals surface area contributed by atoms with Gasteiger partial charge in [0.05, 0.1) is 30.8 Å². The molecule has 9 heteroatoms. The predicted molar refractivity (Wildman–Crippen MR) is 113 cm³/mol. The molecule has 0 saturated carbocycles. The Labute approximate surface area is 179 Å². The van der Waals surface area contributed by atoms with Gasteiger partial charge >= 0.3 is 5.97 Å². The average molecular weight is 442 g/mol. The zero-order chi connectivity index (χ0) is 21.6. The average Bonchev–Trinajstić information content (AvgIpc) is 2.98. The lowest BCUT2D eigenvalue weighted by Gasteiger charge is -2.26. The first-order chi connectivity index (χ1) is 15.0. The van der Waals surface area contributed by atoms with Gasteiger partial charge in [0.25, 0.3) is 0 Å². The van der Waals surface area contributed by atoms with Gasteiger partial charge in [0.1, 0.15) is 0 Å². The van der Waals surface area contributed by atoms with E-state index >= 15 is 0 Å². The Bertz CT molecular complexity index is 1280. The summed E-state index contributed by atoms with van der Waals surface area (Å²) in [4.78, 5) is 15.5. The van der Waals surface area contributed by atoms with E-state index in [4.69, 9.17) is 14.2 Å². The van der Waals surface area contributed by atoms with Gasteiger partial charge in [-0.25, -0.2) is 13.2 Å². The molecule has 31 heavy (non-hydrogen) atoms. The van der Waals surface area contributed by atoms with Crippen molar-refractivity contribution >= 4 is 26.9 Å². The number of aromatic amines is 1. The van der Waals surface area contributed by atoms with Gasteiger partial charge < -0.3 is 19.2 Å². The lowest BCUT2D eigenvalue weighted by Crippen LogP contribution is -2.35. The van der Waals surface area contributed by atoms with Crippen LogP contribution < -0.4 is 9.47 Å². The molecule has 0 radical (unpaired) electrons. The number of rotatable bonds is 3. The molecule has 0 bridgehead atoms. The van der Waals surface area contributed by atoms with E-state index in [1.54, 1.807) is 24.3 Å². The van der Waals surface area contributed by atoms with Crippen LogP contribution in [0.25, 0.3) is 10.9 Å². The van der Waals surface area contributed by atoms with E-state index in [1.165, 1.54) is 17.5 Å². The molecule has 8 nitrogen and oxygen atoms in total. The highest BCUT2D eigenvalue weighted by molar-refractivity contribution is 7.89. The molecular formula is C22H22N2O6S. The lowest BCUT2D eigenvalue weighted by atomic mass is 10.0. The van der Waals surface area contributed by atoms with Crippen molar-refractivity contribution in [2.75, 3.05) is 26.9 Å². The summed E-state index contributed by atoms with van der Waals surface area (Å²) < 4.78 is 44.3. The second-order valence-electron chi connectivity index (χ2n) is 7.58. The summed E-state index contributed by atoms with van der Waals surface area (Å²) in [6.07, 6.45) is 1.31. The molecule has 0 amide bonds. The SMILES string of the molecule is COC(=O)c1ccc2[nH]c3c(c2c1)CN(S(=O)(=O)c1ccc2c(c1)OCCCO2)CC3. The number of sulfonamides is 1. The molecule has 0 saturated heterocycles. The molecule has 0 aliphatic carbocycles. The monoisotopic (exact) mass is 442 g/mol. The molecule has 5 rings (SSSR count). The third-order valence-corrected chi connectivity index (χ3v) is 7.56. The maximum atomic E-state index is 13.4. The molecule has 2 aliphatic heterocycles. The second-order valence-corrected chi connectivity index (χ2v) is 9.52. The minimum Gasteiger partial charge on any atom is -0.490 e. The van der Waals surface area contributed by atoms with E-state index in [9.17, 15) is 13.2 Å². The Hall–Kier alpha value is -3.04. The third kappa shape index (κ3) is 3.43. The molecule has 0 atom stereocenters. The Balaban J connectivity index is 1.49. The molecule has 3 aromatic rings. The maximum Gasteiger partial charge on any atom is 0.337 e.